The highest BCUT2D eigenvalue weighted by atomic mass is 19.1. The van der Waals surface area contributed by atoms with Gasteiger partial charge >= 0.3 is 0 Å². The fourth-order valence-corrected chi connectivity index (χ4v) is 3.84. The van der Waals surface area contributed by atoms with Crippen LogP contribution in [-0.2, 0) is 9.59 Å². The molecule has 1 aromatic carbocycles. The van der Waals surface area contributed by atoms with Crippen LogP contribution in [0.3, 0.4) is 0 Å². The molecule has 0 radical (unpaired) electrons. The van der Waals surface area contributed by atoms with Crippen LogP contribution in [0.2, 0.25) is 0 Å². The number of benzene rings is 1. The Bertz CT molecular complexity index is 598. The number of nitrogens with zero attached hydrogens (tertiary/aromatic N) is 1. The predicted molar refractivity (Wildman–Crippen MR) is 85.0 cm³/mol. The molecule has 3 rings (SSSR count). The van der Waals surface area contributed by atoms with Crippen LogP contribution in [0.4, 0.5) is 4.39 Å². The van der Waals surface area contributed by atoms with Crippen molar-refractivity contribution in [3.05, 3.63) is 35.6 Å². The molecule has 4 nitrogen and oxygen atoms in total. The van der Waals surface area contributed by atoms with Gasteiger partial charge in [-0.25, -0.2) is 4.39 Å². The highest BCUT2D eigenvalue weighted by Gasteiger charge is 2.39. The van der Waals surface area contributed by atoms with E-state index in [2.05, 4.69) is 5.32 Å². The van der Waals surface area contributed by atoms with Crippen molar-refractivity contribution in [1.82, 2.24) is 10.2 Å². The molecule has 0 bridgehead atoms. The molecule has 1 N–H and O–H groups in total. The SMILES string of the molecule is CN1C(=O)CC[C@@H](C(=O)NC2CCCC2)[C@@H]1c1cccc(F)c1. The zero-order valence-corrected chi connectivity index (χ0v) is 13.4. The van der Waals surface area contributed by atoms with Gasteiger partial charge in [-0.1, -0.05) is 25.0 Å². The van der Waals surface area contributed by atoms with Crippen molar-refractivity contribution >= 4 is 11.8 Å². The Morgan fingerprint density at radius 1 is 1.26 bits per heavy atom. The molecule has 1 saturated carbocycles. The topological polar surface area (TPSA) is 49.4 Å². The molecule has 23 heavy (non-hydrogen) atoms. The molecule has 5 heteroatoms. The van der Waals surface area contributed by atoms with E-state index in [1.54, 1.807) is 24.1 Å². The average Bonchev–Trinajstić information content (AvgIpc) is 3.02. The van der Waals surface area contributed by atoms with E-state index in [4.69, 9.17) is 0 Å². The van der Waals surface area contributed by atoms with E-state index in [9.17, 15) is 14.0 Å². The Hall–Kier alpha value is -1.91. The molecule has 2 amide bonds. The second kappa shape index (κ2) is 6.69. The number of halogens is 1. The van der Waals surface area contributed by atoms with Crippen LogP contribution in [0, 0.1) is 11.7 Å². The number of hydrogen-bond donors (Lipinski definition) is 1. The van der Waals surface area contributed by atoms with Gasteiger partial charge in [0.05, 0.1) is 12.0 Å². The van der Waals surface area contributed by atoms with Crippen molar-refractivity contribution in [3.8, 4) is 0 Å². The summed E-state index contributed by atoms with van der Waals surface area (Å²) in [6, 6.07) is 6.08. The summed E-state index contributed by atoms with van der Waals surface area (Å²) in [7, 11) is 1.70. The highest BCUT2D eigenvalue weighted by Crippen LogP contribution is 2.36. The van der Waals surface area contributed by atoms with Crippen molar-refractivity contribution < 1.29 is 14.0 Å². The van der Waals surface area contributed by atoms with Crippen molar-refractivity contribution in [2.24, 2.45) is 5.92 Å². The van der Waals surface area contributed by atoms with Gasteiger partial charge < -0.3 is 10.2 Å². The molecule has 2 atom stereocenters. The molecular formula is C18H23FN2O2. The maximum absolute atomic E-state index is 13.6. The predicted octanol–water partition coefficient (Wildman–Crippen LogP) is 2.79. The summed E-state index contributed by atoms with van der Waals surface area (Å²) in [5.41, 5.74) is 0.687. The molecule has 1 aromatic rings. The van der Waals surface area contributed by atoms with Crippen molar-refractivity contribution in [2.75, 3.05) is 7.05 Å². The van der Waals surface area contributed by atoms with Gasteiger partial charge in [0.25, 0.3) is 0 Å². The Balaban J connectivity index is 1.83. The summed E-state index contributed by atoms with van der Waals surface area (Å²) in [5, 5.41) is 3.13. The van der Waals surface area contributed by atoms with Crippen LogP contribution in [-0.4, -0.2) is 29.8 Å². The Labute approximate surface area is 136 Å². The number of nitrogens with one attached hydrogen (secondary N) is 1. The molecule has 1 heterocycles. The third-order valence-electron chi connectivity index (χ3n) is 5.09. The van der Waals surface area contributed by atoms with E-state index in [1.807, 2.05) is 0 Å². The van der Waals surface area contributed by atoms with E-state index >= 15 is 0 Å². The van der Waals surface area contributed by atoms with Crippen molar-refractivity contribution in [1.29, 1.82) is 0 Å². The fraction of sp³-hybridized carbons (Fsp3) is 0.556. The Morgan fingerprint density at radius 2 is 2.00 bits per heavy atom. The zero-order chi connectivity index (χ0) is 16.4. The van der Waals surface area contributed by atoms with Crippen molar-refractivity contribution in [3.63, 3.8) is 0 Å². The highest BCUT2D eigenvalue weighted by molar-refractivity contribution is 5.85. The first kappa shape index (κ1) is 16.0. The van der Waals surface area contributed by atoms with Gasteiger partial charge in [0, 0.05) is 19.5 Å². The van der Waals surface area contributed by atoms with E-state index < -0.39 is 6.04 Å². The number of hydrogen-bond acceptors (Lipinski definition) is 2. The molecular weight excluding hydrogens is 295 g/mol. The lowest BCUT2D eigenvalue weighted by molar-refractivity contribution is -0.141. The Kier molecular flexibility index (Phi) is 4.64. The average molecular weight is 318 g/mol. The quantitative estimate of drug-likeness (QED) is 0.931. The summed E-state index contributed by atoms with van der Waals surface area (Å²) in [6.45, 7) is 0. The van der Waals surface area contributed by atoms with Gasteiger partial charge in [0.15, 0.2) is 0 Å². The molecule has 2 fully saturated rings. The molecule has 1 aliphatic carbocycles. The van der Waals surface area contributed by atoms with Crippen LogP contribution in [0.15, 0.2) is 24.3 Å². The standard InChI is InChI=1S/C18H23FN2O2/c1-21-16(22)10-9-15(18(23)20-14-7-2-3-8-14)17(21)12-5-4-6-13(19)11-12/h4-6,11,14-15,17H,2-3,7-10H2,1H3,(H,20,23)/t15-,17+/m1/s1. The first-order valence-corrected chi connectivity index (χ1v) is 8.38. The molecule has 2 aliphatic rings. The lowest BCUT2D eigenvalue weighted by atomic mass is 9.83. The van der Waals surface area contributed by atoms with E-state index in [-0.39, 0.29) is 29.6 Å². The third-order valence-corrected chi connectivity index (χ3v) is 5.09. The minimum Gasteiger partial charge on any atom is -0.353 e. The lowest BCUT2D eigenvalue weighted by Gasteiger charge is -2.39. The number of carbonyl (C=O) groups is 2. The van der Waals surface area contributed by atoms with Crippen LogP contribution >= 0.6 is 0 Å². The largest absolute Gasteiger partial charge is 0.353 e. The first-order chi connectivity index (χ1) is 11.1. The lowest BCUT2D eigenvalue weighted by Crippen LogP contribution is -2.48. The fourth-order valence-electron chi connectivity index (χ4n) is 3.84. The van der Waals surface area contributed by atoms with Gasteiger partial charge in [-0.3, -0.25) is 9.59 Å². The maximum atomic E-state index is 13.6. The molecule has 0 spiro atoms. The van der Waals surface area contributed by atoms with Crippen LogP contribution in [0.5, 0.6) is 0 Å². The van der Waals surface area contributed by atoms with Gasteiger partial charge in [0.1, 0.15) is 5.82 Å². The monoisotopic (exact) mass is 318 g/mol. The normalized spacial score (nSPS) is 25.7. The second-order valence-corrected chi connectivity index (χ2v) is 6.64. The molecule has 1 saturated heterocycles. The van der Waals surface area contributed by atoms with E-state index in [0.717, 1.165) is 25.7 Å². The summed E-state index contributed by atoms with van der Waals surface area (Å²) in [6.07, 6.45) is 5.24. The number of carbonyl (C=O) groups excluding carboxylic acids is 2. The van der Waals surface area contributed by atoms with E-state index in [1.165, 1.54) is 12.1 Å². The van der Waals surface area contributed by atoms with E-state index in [0.29, 0.717) is 18.4 Å². The molecule has 0 aromatic heterocycles. The zero-order valence-electron chi connectivity index (χ0n) is 13.4. The maximum Gasteiger partial charge on any atom is 0.225 e. The summed E-state index contributed by atoms with van der Waals surface area (Å²) < 4.78 is 13.6. The molecule has 0 unspecified atom stereocenters. The smallest absolute Gasteiger partial charge is 0.225 e. The van der Waals surface area contributed by atoms with Gasteiger partial charge in [-0.15, -0.1) is 0 Å². The summed E-state index contributed by atoms with van der Waals surface area (Å²) in [5.74, 6) is -0.668. The second-order valence-electron chi connectivity index (χ2n) is 6.64. The van der Waals surface area contributed by atoms with Crippen LogP contribution < -0.4 is 5.32 Å². The number of amides is 2. The summed E-state index contributed by atoms with van der Waals surface area (Å²) >= 11 is 0. The minimum atomic E-state index is -0.395. The summed E-state index contributed by atoms with van der Waals surface area (Å²) in [4.78, 5) is 26.4. The molecule has 1 aliphatic heterocycles. The number of likely N-dealkylation sites (tertiary alicyclic amines) is 1. The van der Waals surface area contributed by atoms with Crippen LogP contribution in [0.25, 0.3) is 0 Å². The van der Waals surface area contributed by atoms with Gasteiger partial charge in [0.2, 0.25) is 11.8 Å². The first-order valence-electron chi connectivity index (χ1n) is 8.38. The van der Waals surface area contributed by atoms with Gasteiger partial charge in [-0.2, -0.15) is 0 Å². The third kappa shape index (κ3) is 3.38. The van der Waals surface area contributed by atoms with Crippen LogP contribution in [0.1, 0.15) is 50.1 Å². The van der Waals surface area contributed by atoms with Gasteiger partial charge in [-0.05, 0) is 37.0 Å². The minimum absolute atomic E-state index is 0.00387. The Morgan fingerprint density at radius 3 is 2.70 bits per heavy atom. The number of piperidine rings is 1. The van der Waals surface area contributed by atoms with Crippen molar-refractivity contribution in [2.45, 2.75) is 50.6 Å². The number of rotatable bonds is 3. The molecule has 124 valence electrons.